The van der Waals surface area contributed by atoms with Crippen LogP contribution in [-0.4, -0.2) is 23.7 Å². The van der Waals surface area contributed by atoms with Crippen molar-refractivity contribution in [2.75, 3.05) is 11.5 Å². The predicted octanol–water partition coefficient (Wildman–Crippen LogP) is 3.50. The molecule has 1 aromatic rings. The molecule has 1 saturated heterocycles. The molecule has 1 amide bonds. The first-order valence-electron chi connectivity index (χ1n) is 7.92. The maximum Gasteiger partial charge on any atom is 0.415 e. The Morgan fingerprint density at radius 3 is 2.90 bits per heavy atom. The van der Waals surface area contributed by atoms with E-state index in [1.807, 2.05) is 0 Å². The van der Waals surface area contributed by atoms with E-state index in [9.17, 15) is 4.79 Å². The molecular formula is C17H24N2O2. The number of carbonyl (C=O) groups is 1. The van der Waals surface area contributed by atoms with Gasteiger partial charge in [-0.15, -0.1) is 0 Å². The quantitative estimate of drug-likeness (QED) is 0.836. The molecule has 3 rings (SSSR count). The third kappa shape index (κ3) is 2.52. The average molecular weight is 288 g/mol. The molecule has 4 heteroatoms. The normalized spacial score (nSPS) is 25.2. The van der Waals surface area contributed by atoms with E-state index in [1.165, 1.54) is 23.2 Å². The zero-order chi connectivity index (χ0) is 15.1. The second kappa shape index (κ2) is 5.32. The van der Waals surface area contributed by atoms with Crippen molar-refractivity contribution in [3.8, 4) is 0 Å². The minimum atomic E-state index is -0.260. The van der Waals surface area contributed by atoms with Gasteiger partial charge in [-0.1, -0.05) is 20.8 Å². The summed E-state index contributed by atoms with van der Waals surface area (Å²) in [6.45, 7) is 9.10. The van der Waals surface area contributed by atoms with E-state index in [0.29, 0.717) is 18.4 Å². The van der Waals surface area contributed by atoms with Gasteiger partial charge in [0.05, 0.1) is 6.04 Å². The fourth-order valence-corrected chi connectivity index (χ4v) is 3.39. The van der Waals surface area contributed by atoms with Gasteiger partial charge in [0.1, 0.15) is 12.4 Å². The largest absolute Gasteiger partial charge is 0.447 e. The Morgan fingerprint density at radius 2 is 2.19 bits per heavy atom. The third-order valence-electron chi connectivity index (χ3n) is 4.77. The topological polar surface area (TPSA) is 42.4 Å². The molecule has 0 spiro atoms. The van der Waals surface area contributed by atoms with Gasteiger partial charge in [-0.3, -0.25) is 4.90 Å². The minimum Gasteiger partial charge on any atom is -0.447 e. The van der Waals surface area contributed by atoms with E-state index in [0.717, 1.165) is 18.7 Å². The van der Waals surface area contributed by atoms with Crippen LogP contribution >= 0.6 is 0 Å². The Bertz CT molecular complexity index is 568. The number of nitrogens with zero attached hydrogens (tertiary/aromatic N) is 2. The van der Waals surface area contributed by atoms with Crippen molar-refractivity contribution in [2.24, 2.45) is 11.8 Å². The van der Waals surface area contributed by atoms with Crippen LogP contribution in [0.4, 0.5) is 10.6 Å². The van der Waals surface area contributed by atoms with Gasteiger partial charge in [0.2, 0.25) is 0 Å². The summed E-state index contributed by atoms with van der Waals surface area (Å²) in [6.07, 6.45) is 3.09. The highest BCUT2D eigenvalue weighted by atomic mass is 16.6. The second-order valence-electron chi connectivity index (χ2n) is 6.83. The molecule has 4 nitrogen and oxygen atoms in total. The molecule has 21 heavy (non-hydrogen) atoms. The first-order valence-corrected chi connectivity index (χ1v) is 7.92. The number of hydrogen-bond acceptors (Lipinski definition) is 3. The zero-order valence-corrected chi connectivity index (χ0v) is 13.3. The molecular weight excluding hydrogens is 264 g/mol. The summed E-state index contributed by atoms with van der Waals surface area (Å²) in [5, 5.41) is 0. The Kier molecular flexibility index (Phi) is 3.64. The van der Waals surface area contributed by atoms with Crippen LogP contribution in [0.3, 0.4) is 0 Å². The number of anilines is 1. The maximum absolute atomic E-state index is 12.1. The van der Waals surface area contributed by atoms with Crippen LogP contribution in [0.15, 0.2) is 6.07 Å². The Balaban J connectivity index is 2.00. The van der Waals surface area contributed by atoms with Crippen molar-refractivity contribution in [1.29, 1.82) is 0 Å². The molecule has 0 saturated carbocycles. The number of hydrogen-bond donors (Lipinski definition) is 0. The summed E-state index contributed by atoms with van der Waals surface area (Å²) in [5.74, 6) is 1.79. The van der Waals surface area contributed by atoms with E-state index in [1.54, 1.807) is 4.90 Å². The molecule has 1 aromatic heterocycles. The molecule has 1 aliphatic heterocycles. The summed E-state index contributed by atoms with van der Waals surface area (Å²) in [4.78, 5) is 18.7. The molecule has 1 fully saturated rings. The SMILES string of the molecule is Cc1cc(N2C(=O)OC[C@@H]2C(C)C)nc2c1CC[C@H](C)C2. The highest BCUT2D eigenvalue weighted by Crippen LogP contribution is 2.32. The molecule has 0 bridgehead atoms. The lowest BCUT2D eigenvalue weighted by atomic mass is 9.86. The zero-order valence-electron chi connectivity index (χ0n) is 13.3. The van der Waals surface area contributed by atoms with Crippen molar-refractivity contribution in [2.45, 2.75) is 53.0 Å². The van der Waals surface area contributed by atoms with Gasteiger partial charge >= 0.3 is 6.09 Å². The lowest BCUT2D eigenvalue weighted by Crippen LogP contribution is -2.38. The number of aryl methyl sites for hydroxylation is 1. The molecule has 0 unspecified atom stereocenters. The molecule has 114 valence electrons. The molecule has 2 heterocycles. The Labute approximate surface area is 126 Å². The summed E-state index contributed by atoms with van der Waals surface area (Å²) in [6, 6.07) is 2.14. The van der Waals surface area contributed by atoms with Crippen molar-refractivity contribution in [3.63, 3.8) is 0 Å². The Hall–Kier alpha value is -1.58. The first kappa shape index (κ1) is 14.4. The smallest absolute Gasteiger partial charge is 0.415 e. The molecule has 0 radical (unpaired) electrons. The molecule has 0 N–H and O–H groups in total. The second-order valence-corrected chi connectivity index (χ2v) is 6.83. The van der Waals surface area contributed by atoms with Crippen molar-refractivity contribution >= 4 is 11.9 Å². The lowest BCUT2D eigenvalue weighted by molar-refractivity contribution is 0.177. The van der Waals surface area contributed by atoms with Gasteiger partial charge < -0.3 is 4.74 Å². The number of aromatic nitrogens is 1. The third-order valence-corrected chi connectivity index (χ3v) is 4.77. The first-order chi connectivity index (χ1) is 9.97. The summed E-state index contributed by atoms with van der Waals surface area (Å²) >= 11 is 0. The predicted molar refractivity (Wildman–Crippen MR) is 82.6 cm³/mol. The molecule has 2 atom stereocenters. The highest BCUT2D eigenvalue weighted by molar-refractivity contribution is 5.89. The van der Waals surface area contributed by atoms with Crippen LogP contribution in [0.1, 0.15) is 44.0 Å². The molecule has 0 aromatic carbocycles. The van der Waals surface area contributed by atoms with Crippen molar-refractivity contribution in [3.05, 3.63) is 22.9 Å². The summed E-state index contributed by atoms with van der Waals surface area (Å²) in [5.41, 5.74) is 3.81. The molecule has 1 aliphatic carbocycles. The standard InChI is InChI=1S/C17H24N2O2/c1-10(2)15-9-21-17(20)19(15)16-8-12(4)13-6-5-11(3)7-14(13)18-16/h8,10-11,15H,5-7,9H2,1-4H3/t11-,15+/m0/s1. The minimum absolute atomic E-state index is 0.0865. The summed E-state index contributed by atoms with van der Waals surface area (Å²) in [7, 11) is 0. The van der Waals surface area contributed by atoms with E-state index in [4.69, 9.17) is 9.72 Å². The average Bonchev–Trinajstić information content (AvgIpc) is 2.80. The number of cyclic esters (lactones) is 1. The van der Waals surface area contributed by atoms with Gasteiger partial charge in [0.25, 0.3) is 0 Å². The van der Waals surface area contributed by atoms with Gasteiger partial charge in [0, 0.05) is 5.69 Å². The monoisotopic (exact) mass is 288 g/mol. The van der Waals surface area contributed by atoms with Gasteiger partial charge in [-0.05, 0) is 55.2 Å². The molecule has 2 aliphatic rings. The number of carbonyl (C=O) groups excluding carboxylic acids is 1. The highest BCUT2D eigenvalue weighted by Gasteiger charge is 2.37. The number of fused-ring (bicyclic) bond motifs is 1. The van der Waals surface area contributed by atoms with Gasteiger partial charge in [0.15, 0.2) is 0 Å². The van der Waals surface area contributed by atoms with Crippen LogP contribution < -0.4 is 4.90 Å². The van der Waals surface area contributed by atoms with Crippen LogP contribution in [0.25, 0.3) is 0 Å². The number of rotatable bonds is 2. The fourth-order valence-electron chi connectivity index (χ4n) is 3.39. The van der Waals surface area contributed by atoms with Crippen LogP contribution in [0.5, 0.6) is 0 Å². The number of pyridine rings is 1. The van der Waals surface area contributed by atoms with E-state index in [2.05, 4.69) is 33.8 Å². The Morgan fingerprint density at radius 1 is 1.43 bits per heavy atom. The van der Waals surface area contributed by atoms with E-state index in [-0.39, 0.29) is 12.1 Å². The van der Waals surface area contributed by atoms with Gasteiger partial charge in [-0.25, -0.2) is 9.78 Å². The van der Waals surface area contributed by atoms with Crippen LogP contribution in [-0.2, 0) is 17.6 Å². The summed E-state index contributed by atoms with van der Waals surface area (Å²) < 4.78 is 5.25. The van der Waals surface area contributed by atoms with Gasteiger partial charge in [-0.2, -0.15) is 0 Å². The van der Waals surface area contributed by atoms with Crippen molar-refractivity contribution < 1.29 is 9.53 Å². The van der Waals surface area contributed by atoms with Crippen LogP contribution in [0, 0.1) is 18.8 Å². The lowest BCUT2D eigenvalue weighted by Gasteiger charge is -2.27. The van der Waals surface area contributed by atoms with E-state index >= 15 is 0 Å². The van der Waals surface area contributed by atoms with E-state index < -0.39 is 0 Å². The van der Waals surface area contributed by atoms with Crippen molar-refractivity contribution in [1.82, 2.24) is 4.98 Å². The number of amides is 1. The van der Waals surface area contributed by atoms with Crippen LogP contribution in [0.2, 0.25) is 0 Å². The maximum atomic E-state index is 12.1. The number of ether oxygens (including phenoxy) is 1. The fraction of sp³-hybridized carbons (Fsp3) is 0.647.